The molecule has 7 aromatic carbocycles. The van der Waals surface area contributed by atoms with Crippen LogP contribution < -0.4 is 0 Å². The van der Waals surface area contributed by atoms with Crippen molar-refractivity contribution in [2.45, 2.75) is 25.2 Å². The van der Waals surface area contributed by atoms with E-state index in [-0.39, 0.29) is 5.92 Å². The van der Waals surface area contributed by atoms with Crippen molar-refractivity contribution in [3.63, 3.8) is 0 Å². The largest absolute Gasteiger partial charge is 0.455 e. The molecule has 63 heavy (non-hydrogen) atoms. The van der Waals surface area contributed by atoms with Crippen LogP contribution in [0, 0.1) is 0 Å². The van der Waals surface area contributed by atoms with Gasteiger partial charge in [-0.25, -0.2) is 15.0 Å². The second kappa shape index (κ2) is 14.3. The quantitative estimate of drug-likeness (QED) is 0.168. The van der Waals surface area contributed by atoms with E-state index < -0.39 is 0 Å². The SMILES string of the molecule is C1=CCCC(n2c3ccccc3c3ccc(-c4cccc(-n5c6ccccc6c6c7oc8ccccc8c7cc(-c7nc(-c8ccccc8)nc(C8C=CC=CC8)n7)c65)c4)cc32)=C1. The molecule has 0 aliphatic heterocycles. The zero-order chi connectivity index (χ0) is 41.4. The van der Waals surface area contributed by atoms with Gasteiger partial charge in [0.2, 0.25) is 0 Å². The molecule has 11 aromatic rings. The summed E-state index contributed by atoms with van der Waals surface area (Å²) in [6.07, 6.45) is 18.1. The summed E-state index contributed by atoms with van der Waals surface area (Å²) in [7, 11) is 0. The molecule has 0 radical (unpaired) electrons. The smallest absolute Gasteiger partial charge is 0.165 e. The molecule has 13 rings (SSSR count). The number of benzene rings is 7. The monoisotopic (exact) mass is 809 g/mol. The first-order valence-electron chi connectivity index (χ1n) is 21.8. The second-order valence-corrected chi connectivity index (χ2v) is 16.6. The van der Waals surface area contributed by atoms with E-state index in [0.29, 0.717) is 11.6 Å². The molecule has 6 nitrogen and oxygen atoms in total. The zero-order valence-electron chi connectivity index (χ0n) is 34.3. The van der Waals surface area contributed by atoms with Crippen LogP contribution in [0.3, 0.4) is 0 Å². The summed E-state index contributed by atoms with van der Waals surface area (Å²) in [4.78, 5) is 15.8. The number of fused-ring (bicyclic) bond motifs is 10. The van der Waals surface area contributed by atoms with E-state index >= 15 is 0 Å². The van der Waals surface area contributed by atoms with E-state index in [1.165, 1.54) is 27.5 Å². The molecule has 6 heteroatoms. The highest BCUT2D eigenvalue weighted by Crippen LogP contribution is 2.46. The van der Waals surface area contributed by atoms with Gasteiger partial charge in [0.15, 0.2) is 11.6 Å². The van der Waals surface area contributed by atoms with Crippen LogP contribution in [0.25, 0.3) is 111 Å². The fourth-order valence-electron chi connectivity index (χ4n) is 10.00. The Balaban J connectivity index is 1.09. The third-order valence-electron chi connectivity index (χ3n) is 12.9. The summed E-state index contributed by atoms with van der Waals surface area (Å²) in [5.74, 6) is 2.06. The minimum atomic E-state index is 0.0256. The molecule has 2 aliphatic rings. The lowest BCUT2D eigenvalue weighted by Gasteiger charge is -2.16. The molecule has 0 spiro atoms. The first kappa shape index (κ1) is 35.6. The standard InChI is InChI=1S/C57H39N5O/c1-4-17-36(18-5-1)55-58-56(37-19-6-2-7-20-37)60-57(59-55)47-35-46-44-26-12-15-30-51(44)63-54(46)52-45-27-11-14-29-49(45)62(53(47)52)41-24-16-21-38(33-41)39-31-32-43-42-25-10-13-28-48(42)61(50(43)34-39)40-22-8-3-9-23-40/h1-8,10-19,21-22,24-35,37H,9,20,23H2. The number of para-hydroxylation sites is 3. The fourth-order valence-corrected chi connectivity index (χ4v) is 10.00. The lowest BCUT2D eigenvalue weighted by atomic mass is 9.99. The summed E-state index contributed by atoms with van der Waals surface area (Å²) in [5, 5.41) is 6.74. The summed E-state index contributed by atoms with van der Waals surface area (Å²) in [6, 6.07) is 54.1. The lowest BCUT2D eigenvalue weighted by molar-refractivity contribution is 0.673. The third kappa shape index (κ3) is 5.68. The summed E-state index contributed by atoms with van der Waals surface area (Å²) in [5.41, 5.74) is 12.7. The number of rotatable bonds is 6. The van der Waals surface area contributed by atoms with Gasteiger partial charge < -0.3 is 13.6 Å². The average molecular weight is 810 g/mol. The predicted molar refractivity (Wildman–Crippen MR) is 259 cm³/mol. The normalized spacial score (nSPS) is 15.2. The van der Waals surface area contributed by atoms with Crippen molar-refractivity contribution in [1.82, 2.24) is 24.1 Å². The molecular weight excluding hydrogens is 771 g/mol. The summed E-state index contributed by atoms with van der Waals surface area (Å²) in [6.45, 7) is 0. The molecule has 1 unspecified atom stereocenters. The maximum Gasteiger partial charge on any atom is 0.165 e. The molecule has 2 aliphatic carbocycles. The second-order valence-electron chi connectivity index (χ2n) is 16.6. The van der Waals surface area contributed by atoms with Crippen LogP contribution in [0.2, 0.25) is 0 Å². The van der Waals surface area contributed by atoms with Gasteiger partial charge in [0, 0.05) is 55.4 Å². The molecule has 0 N–H and O–H groups in total. The van der Waals surface area contributed by atoms with Gasteiger partial charge in [0.05, 0.1) is 27.5 Å². The lowest BCUT2D eigenvalue weighted by Crippen LogP contribution is -2.08. The van der Waals surface area contributed by atoms with Crippen LogP contribution in [0.1, 0.15) is 31.0 Å². The first-order valence-corrected chi connectivity index (χ1v) is 21.8. The molecule has 4 aromatic heterocycles. The number of aromatic nitrogens is 5. The highest BCUT2D eigenvalue weighted by molar-refractivity contribution is 6.27. The maximum absolute atomic E-state index is 6.85. The van der Waals surface area contributed by atoms with Crippen LogP contribution in [-0.2, 0) is 0 Å². The minimum Gasteiger partial charge on any atom is -0.455 e. The Labute approximate surface area is 363 Å². The van der Waals surface area contributed by atoms with Gasteiger partial charge in [-0.05, 0) is 78.9 Å². The fraction of sp³-hybridized carbons (Fsp3) is 0.0702. The Kier molecular flexibility index (Phi) is 8.06. The van der Waals surface area contributed by atoms with E-state index in [2.05, 4.69) is 179 Å². The number of furan rings is 1. The van der Waals surface area contributed by atoms with Crippen molar-refractivity contribution in [2.75, 3.05) is 0 Å². The van der Waals surface area contributed by atoms with E-state index in [9.17, 15) is 0 Å². The van der Waals surface area contributed by atoms with Gasteiger partial charge in [0.25, 0.3) is 0 Å². The molecule has 1 atom stereocenters. The highest BCUT2D eigenvalue weighted by atomic mass is 16.3. The highest BCUT2D eigenvalue weighted by Gasteiger charge is 2.26. The Hall–Kier alpha value is -8.09. The first-order chi connectivity index (χ1) is 31.2. The van der Waals surface area contributed by atoms with Gasteiger partial charge in [-0.3, -0.25) is 0 Å². The van der Waals surface area contributed by atoms with Crippen molar-refractivity contribution in [2.24, 2.45) is 0 Å². The number of hydrogen-bond acceptors (Lipinski definition) is 4. The van der Waals surface area contributed by atoms with Crippen molar-refractivity contribution in [3.8, 4) is 39.6 Å². The van der Waals surface area contributed by atoms with Crippen LogP contribution in [0.5, 0.6) is 0 Å². The Morgan fingerprint density at radius 3 is 2.11 bits per heavy atom. The van der Waals surface area contributed by atoms with Crippen molar-refractivity contribution in [1.29, 1.82) is 0 Å². The Morgan fingerprint density at radius 2 is 1.27 bits per heavy atom. The van der Waals surface area contributed by atoms with E-state index in [4.69, 9.17) is 19.4 Å². The molecule has 4 heterocycles. The van der Waals surface area contributed by atoms with Gasteiger partial charge in [-0.2, -0.15) is 0 Å². The number of allylic oxidation sites excluding steroid dienone is 8. The minimum absolute atomic E-state index is 0.0256. The van der Waals surface area contributed by atoms with E-state index in [0.717, 1.165) is 96.8 Å². The molecule has 0 saturated heterocycles. The van der Waals surface area contributed by atoms with E-state index in [1.54, 1.807) is 0 Å². The number of nitrogens with zero attached hydrogens (tertiary/aromatic N) is 5. The van der Waals surface area contributed by atoms with E-state index in [1.807, 2.05) is 24.3 Å². The van der Waals surface area contributed by atoms with Gasteiger partial charge >= 0.3 is 0 Å². The zero-order valence-corrected chi connectivity index (χ0v) is 34.3. The maximum atomic E-state index is 6.85. The Morgan fingerprint density at radius 1 is 0.524 bits per heavy atom. The molecule has 0 fully saturated rings. The average Bonchev–Trinajstić information content (AvgIpc) is 4.02. The topological polar surface area (TPSA) is 61.7 Å². The van der Waals surface area contributed by atoms with Crippen molar-refractivity contribution >= 4 is 71.2 Å². The van der Waals surface area contributed by atoms with Crippen LogP contribution in [-0.4, -0.2) is 24.1 Å². The van der Waals surface area contributed by atoms with Crippen molar-refractivity contribution in [3.05, 3.63) is 200 Å². The summed E-state index contributed by atoms with van der Waals surface area (Å²) < 4.78 is 11.7. The molecule has 0 amide bonds. The van der Waals surface area contributed by atoms with Crippen LogP contribution in [0.15, 0.2) is 199 Å². The molecule has 0 saturated carbocycles. The Bertz CT molecular complexity index is 3780. The van der Waals surface area contributed by atoms with Gasteiger partial charge in [-0.15, -0.1) is 0 Å². The van der Waals surface area contributed by atoms with Gasteiger partial charge in [0.1, 0.15) is 17.0 Å². The van der Waals surface area contributed by atoms with Crippen LogP contribution >= 0.6 is 0 Å². The molecule has 0 bridgehead atoms. The number of hydrogen-bond donors (Lipinski definition) is 0. The van der Waals surface area contributed by atoms with Gasteiger partial charge in [-0.1, -0.05) is 146 Å². The summed E-state index contributed by atoms with van der Waals surface area (Å²) >= 11 is 0. The third-order valence-corrected chi connectivity index (χ3v) is 12.9. The van der Waals surface area contributed by atoms with Crippen LogP contribution in [0.4, 0.5) is 0 Å². The molecule has 298 valence electrons. The predicted octanol–water partition coefficient (Wildman–Crippen LogP) is 14.8. The van der Waals surface area contributed by atoms with Crippen molar-refractivity contribution < 1.29 is 4.42 Å². The molecular formula is C57H39N5O.